The van der Waals surface area contributed by atoms with Gasteiger partial charge in [-0.05, 0) is 71.6 Å². The number of hydrogen-bond acceptors (Lipinski definition) is 6. The Morgan fingerprint density at radius 1 is 0.889 bits per heavy atom. The molecule has 1 aliphatic heterocycles. The summed E-state index contributed by atoms with van der Waals surface area (Å²) in [5.74, 6) is 5.26. The first-order chi connectivity index (χ1) is 17.5. The Morgan fingerprint density at radius 2 is 1.44 bits per heavy atom. The van der Waals surface area contributed by atoms with Gasteiger partial charge in [-0.1, -0.05) is 44.2 Å². The van der Waals surface area contributed by atoms with E-state index in [1.807, 2.05) is 24.3 Å². The highest BCUT2D eigenvalue weighted by atomic mass is 32.2. The summed E-state index contributed by atoms with van der Waals surface area (Å²) < 4.78 is 24.2. The van der Waals surface area contributed by atoms with Crippen LogP contribution >= 0.6 is 23.5 Å². The Morgan fingerprint density at radius 3 is 1.97 bits per heavy atom. The van der Waals surface area contributed by atoms with Crippen molar-refractivity contribution in [1.29, 1.82) is 0 Å². The number of rotatable bonds is 15. The van der Waals surface area contributed by atoms with Gasteiger partial charge >= 0.3 is 0 Å². The van der Waals surface area contributed by atoms with Gasteiger partial charge in [-0.15, -0.1) is 30.1 Å². The lowest BCUT2D eigenvalue weighted by atomic mass is 9.86. The predicted octanol–water partition coefficient (Wildman–Crippen LogP) is 7.47. The minimum Gasteiger partial charge on any atom is -0.497 e. The van der Waals surface area contributed by atoms with Gasteiger partial charge in [0.25, 0.3) is 0 Å². The normalized spacial score (nSPS) is 17.7. The SMILES string of the molecule is C=C[C@@H](C)C[C@@H](C)[C@@H](OCc1ccc(OC)cc1)[C@H](COCc1ccc(OC)cc1)C1SCCCS1. The van der Waals surface area contributed by atoms with Crippen LogP contribution in [0.1, 0.15) is 37.8 Å². The van der Waals surface area contributed by atoms with Crippen LogP contribution in [0.5, 0.6) is 11.5 Å². The van der Waals surface area contributed by atoms with Crippen LogP contribution in [0.25, 0.3) is 0 Å². The summed E-state index contributed by atoms with van der Waals surface area (Å²) >= 11 is 4.14. The first-order valence-electron chi connectivity index (χ1n) is 12.8. The van der Waals surface area contributed by atoms with E-state index < -0.39 is 0 Å². The fourth-order valence-electron chi connectivity index (χ4n) is 4.56. The van der Waals surface area contributed by atoms with E-state index in [0.717, 1.165) is 29.0 Å². The third kappa shape index (κ3) is 9.05. The van der Waals surface area contributed by atoms with E-state index in [1.54, 1.807) is 14.2 Å². The molecular formula is C30H42O4S2. The van der Waals surface area contributed by atoms with Gasteiger partial charge in [0.2, 0.25) is 0 Å². The van der Waals surface area contributed by atoms with Crippen molar-refractivity contribution in [1.82, 2.24) is 0 Å². The Kier molecular flexibility index (Phi) is 12.6. The average molecular weight is 531 g/mol. The lowest BCUT2D eigenvalue weighted by Crippen LogP contribution is -2.40. The van der Waals surface area contributed by atoms with Gasteiger partial charge in [0.15, 0.2) is 0 Å². The highest BCUT2D eigenvalue weighted by molar-refractivity contribution is 8.17. The fourth-order valence-corrected chi connectivity index (χ4v) is 7.75. The van der Waals surface area contributed by atoms with Crippen molar-refractivity contribution in [3.63, 3.8) is 0 Å². The summed E-state index contributed by atoms with van der Waals surface area (Å²) in [6.07, 6.45) is 4.46. The zero-order valence-electron chi connectivity index (χ0n) is 22.2. The van der Waals surface area contributed by atoms with Crippen molar-refractivity contribution in [3.05, 3.63) is 72.3 Å². The molecule has 4 atom stereocenters. The van der Waals surface area contributed by atoms with Gasteiger partial charge in [0.1, 0.15) is 11.5 Å². The summed E-state index contributed by atoms with van der Waals surface area (Å²) in [7, 11) is 3.39. The molecule has 0 unspecified atom stereocenters. The third-order valence-electron chi connectivity index (χ3n) is 6.67. The molecule has 198 valence electrons. The Hall–Kier alpha value is -1.60. The molecule has 36 heavy (non-hydrogen) atoms. The predicted molar refractivity (Wildman–Crippen MR) is 154 cm³/mol. The molecule has 6 heteroatoms. The van der Waals surface area contributed by atoms with Gasteiger partial charge in [0, 0.05) is 5.92 Å². The van der Waals surface area contributed by atoms with Crippen molar-refractivity contribution < 1.29 is 18.9 Å². The summed E-state index contributed by atoms with van der Waals surface area (Å²) in [5.41, 5.74) is 2.31. The number of allylic oxidation sites excluding steroid dienone is 1. The monoisotopic (exact) mass is 530 g/mol. The summed E-state index contributed by atoms with van der Waals surface area (Å²) in [6.45, 7) is 10.4. The van der Waals surface area contributed by atoms with Gasteiger partial charge in [0.05, 0.1) is 44.7 Å². The highest BCUT2D eigenvalue weighted by Gasteiger charge is 2.36. The van der Waals surface area contributed by atoms with E-state index in [-0.39, 0.29) is 6.10 Å². The Balaban J connectivity index is 1.74. The van der Waals surface area contributed by atoms with Crippen molar-refractivity contribution in [2.75, 3.05) is 32.3 Å². The second kappa shape index (κ2) is 15.6. The number of benzene rings is 2. The van der Waals surface area contributed by atoms with Crippen LogP contribution in [-0.2, 0) is 22.7 Å². The molecule has 4 nitrogen and oxygen atoms in total. The molecule has 1 saturated heterocycles. The largest absolute Gasteiger partial charge is 0.497 e. The van der Waals surface area contributed by atoms with Crippen LogP contribution in [0.3, 0.4) is 0 Å². The minimum absolute atomic E-state index is 0.0912. The van der Waals surface area contributed by atoms with E-state index in [0.29, 0.717) is 42.2 Å². The number of methoxy groups -OCH3 is 2. The lowest BCUT2D eigenvalue weighted by Gasteiger charge is -2.38. The Bertz CT molecular complexity index is 881. The van der Waals surface area contributed by atoms with Crippen molar-refractivity contribution in [2.45, 2.75) is 50.6 Å². The van der Waals surface area contributed by atoms with Crippen LogP contribution in [0.15, 0.2) is 61.2 Å². The topological polar surface area (TPSA) is 36.9 Å². The maximum atomic E-state index is 6.76. The van der Waals surface area contributed by atoms with Crippen LogP contribution in [0.2, 0.25) is 0 Å². The van der Waals surface area contributed by atoms with Gasteiger partial charge in [-0.25, -0.2) is 0 Å². The van der Waals surface area contributed by atoms with Gasteiger partial charge < -0.3 is 18.9 Å². The molecule has 0 aromatic heterocycles. The van der Waals surface area contributed by atoms with Crippen molar-refractivity contribution >= 4 is 23.5 Å². The standard InChI is InChI=1S/C30H42O4S2/c1-6-22(2)18-23(3)29(34-20-25-10-14-27(32-5)15-11-25)28(30-35-16-7-17-36-30)21-33-19-24-8-12-26(31-4)13-9-24/h6,8-15,22-23,28-30H,1,7,16-21H2,2-5H3/t22-,23-,28+,29-/m1/s1. The molecule has 3 rings (SSSR count). The maximum Gasteiger partial charge on any atom is 0.118 e. The zero-order chi connectivity index (χ0) is 25.8. The quantitative estimate of drug-likeness (QED) is 0.222. The molecule has 0 saturated carbocycles. The average Bonchev–Trinajstić information content (AvgIpc) is 2.93. The molecule has 0 aliphatic carbocycles. The molecule has 1 aliphatic rings. The first kappa shape index (κ1) is 29.0. The third-order valence-corrected chi connectivity index (χ3v) is 9.89. The molecular weight excluding hydrogens is 488 g/mol. The van der Waals surface area contributed by atoms with Crippen LogP contribution in [0, 0.1) is 17.8 Å². The molecule has 2 aromatic carbocycles. The number of hydrogen-bond donors (Lipinski definition) is 0. The second-order valence-corrected chi connectivity index (χ2v) is 12.3. The molecule has 0 amide bonds. The number of thioether (sulfide) groups is 2. The molecule has 0 bridgehead atoms. The first-order valence-corrected chi connectivity index (χ1v) is 14.9. The fraction of sp³-hybridized carbons (Fsp3) is 0.533. The molecule has 0 spiro atoms. The van der Waals surface area contributed by atoms with Crippen LogP contribution in [0.4, 0.5) is 0 Å². The van der Waals surface area contributed by atoms with E-state index >= 15 is 0 Å². The van der Waals surface area contributed by atoms with E-state index in [9.17, 15) is 0 Å². The van der Waals surface area contributed by atoms with Crippen molar-refractivity contribution in [2.24, 2.45) is 17.8 Å². The lowest BCUT2D eigenvalue weighted by molar-refractivity contribution is -0.0586. The second-order valence-electron chi connectivity index (χ2n) is 9.54. The highest BCUT2D eigenvalue weighted by Crippen LogP contribution is 2.41. The molecule has 1 fully saturated rings. The summed E-state index contributed by atoms with van der Waals surface area (Å²) in [6, 6.07) is 16.3. The summed E-state index contributed by atoms with van der Waals surface area (Å²) in [5, 5.41) is 0. The smallest absolute Gasteiger partial charge is 0.118 e. The Labute approximate surface area is 226 Å². The van der Waals surface area contributed by atoms with Crippen molar-refractivity contribution in [3.8, 4) is 11.5 Å². The minimum atomic E-state index is 0.0912. The van der Waals surface area contributed by atoms with E-state index in [4.69, 9.17) is 18.9 Å². The van der Waals surface area contributed by atoms with Gasteiger partial charge in [-0.3, -0.25) is 0 Å². The molecule has 0 N–H and O–H groups in total. The van der Waals surface area contributed by atoms with E-state index in [1.165, 1.54) is 17.9 Å². The van der Waals surface area contributed by atoms with Gasteiger partial charge in [-0.2, -0.15) is 0 Å². The summed E-state index contributed by atoms with van der Waals surface area (Å²) in [4.78, 5) is 0. The molecule has 0 radical (unpaired) electrons. The molecule has 2 aromatic rings. The maximum absolute atomic E-state index is 6.76. The van der Waals surface area contributed by atoms with Crippen LogP contribution < -0.4 is 9.47 Å². The number of ether oxygens (including phenoxy) is 4. The van der Waals surface area contributed by atoms with E-state index in [2.05, 4.69) is 74.3 Å². The molecule has 1 heterocycles. The zero-order valence-corrected chi connectivity index (χ0v) is 23.8. The van der Waals surface area contributed by atoms with Crippen LogP contribution in [-0.4, -0.2) is 43.0 Å².